The Labute approximate surface area is 176 Å². The topological polar surface area (TPSA) is 58.1 Å². The Bertz CT molecular complexity index is 1060. The summed E-state index contributed by atoms with van der Waals surface area (Å²) in [5.41, 5.74) is 5.71. The van der Waals surface area contributed by atoms with Crippen molar-refractivity contribution >= 4 is 39.0 Å². The number of amides is 1. The molecular weight excluding hydrogens is 380 g/mol. The number of hydrogen-bond donors (Lipinski definition) is 1. The molecule has 0 bridgehead atoms. The van der Waals surface area contributed by atoms with Crippen molar-refractivity contribution in [1.29, 1.82) is 0 Å². The Morgan fingerprint density at radius 1 is 1.07 bits per heavy atom. The van der Waals surface area contributed by atoms with Gasteiger partial charge in [0.25, 0.3) is 0 Å². The van der Waals surface area contributed by atoms with E-state index < -0.39 is 0 Å². The summed E-state index contributed by atoms with van der Waals surface area (Å²) in [6.45, 7) is 12.2. The Morgan fingerprint density at radius 2 is 1.72 bits per heavy atom. The molecule has 1 aliphatic heterocycles. The van der Waals surface area contributed by atoms with Gasteiger partial charge in [-0.15, -0.1) is 11.3 Å². The molecule has 1 aromatic carbocycles. The Hall–Kier alpha value is -2.47. The van der Waals surface area contributed by atoms with Crippen molar-refractivity contribution in [3.05, 3.63) is 45.6 Å². The smallest absolute Gasteiger partial charge is 0.227 e. The molecular formula is C23H28N4OS. The molecule has 29 heavy (non-hydrogen) atoms. The van der Waals surface area contributed by atoms with Crippen molar-refractivity contribution in [2.24, 2.45) is 5.92 Å². The average molecular weight is 409 g/mol. The van der Waals surface area contributed by atoms with Crippen LogP contribution in [0.3, 0.4) is 0 Å². The van der Waals surface area contributed by atoms with Gasteiger partial charge in [0.05, 0.1) is 5.39 Å². The fraction of sp³-hybridized carbons (Fsp3) is 0.435. The lowest BCUT2D eigenvalue weighted by atomic mass is 9.95. The van der Waals surface area contributed by atoms with Crippen molar-refractivity contribution in [2.75, 3.05) is 23.3 Å². The molecule has 0 atom stereocenters. The van der Waals surface area contributed by atoms with E-state index in [9.17, 15) is 4.79 Å². The second-order valence-electron chi connectivity index (χ2n) is 8.18. The zero-order chi connectivity index (χ0) is 20.7. The van der Waals surface area contributed by atoms with Gasteiger partial charge in [-0.25, -0.2) is 9.97 Å². The molecule has 1 aliphatic rings. The Balaban J connectivity index is 1.47. The van der Waals surface area contributed by atoms with Gasteiger partial charge in [-0.2, -0.15) is 0 Å². The van der Waals surface area contributed by atoms with Gasteiger partial charge in [-0.3, -0.25) is 4.79 Å². The molecule has 0 spiro atoms. The molecule has 4 rings (SSSR count). The van der Waals surface area contributed by atoms with Gasteiger partial charge >= 0.3 is 0 Å². The molecule has 0 aliphatic carbocycles. The Kier molecular flexibility index (Phi) is 5.30. The number of carbonyl (C=O) groups excluding carboxylic acids is 1. The fourth-order valence-corrected chi connectivity index (χ4v) is 5.35. The maximum atomic E-state index is 12.9. The van der Waals surface area contributed by atoms with E-state index in [0.717, 1.165) is 53.4 Å². The molecule has 1 fully saturated rings. The Morgan fingerprint density at radius 3 is 2.38 bits per heavy atom. The lowest BCUT2D eigenvalue weighted by Crippen LogP contribution is -2.38. The van der Waals surface area contributed by atoms with Gasteiger partial charge in [0, 0.05) is 29.6 Å². The molecule has 0 saturated carbocycles. The summed E-state index contributed by atoms with van der Waals surface area (Å²) < 4.78 is 0. The van der Waals surface area contributed by atoms with Gasteiger partial charge in [0.15, 0.2) is 0 Å². The number of benzene rings is 1. The van der Waals surface area contributed by atoms with E-state index in [-0.39, 0.29) is 11.8 Å². The maximum absolute atomic E-state index is 12.9. The second kappa shape index (κ2) is 7.75. The number of nitrogens with one attached hydrogen (secondary N) is 1. The largest absolute Gasteiger partial charge is 0.356 e. The third-order valence-corrected chi connectivity index (χ3v) is 7.15. The van der Waals surface area contributed by atoms with E-state index in [0.29, 0.717) is 0 Å². The number of anilines is 2. The summed E-state index contributed by atoms with van der Waals surface area (Å²) in [6.07, 6.45) is 3.34. The van der Waals surface area contributed by atoms with Crippen LogP contribution in [0, 0.1) is 40.5 Å². The van der Waals surface area contributed by atoms with E-state index in [4.69, 9.17) is 0 Å². The van der Waals surface area contributed by atoms with Gasteiger partial charge in [-0.05, 0) is 64.2 Å². The molecule has 0 unspecified atom stereocenters. The van der Waals surface area contributed by atoms with Crippen LogP contribution in [-0.2, 0) is 4.79 Å². The quantitative estimate of drug-likeness (QED) is 0.656. The number of hydrogen-bond acceptors (Lipinski definition) is 5. The summed E-state index contributed by atoms with van der Waals surface area (Å²) in [5.74, 6) is 1.19. The van der Waals surface area contributed by atoms with Crippen LogP contribution in [0.2, 0.25) is 0 Å². The van der Waals surface area contributed by atoms with E-state index in [1.807, 2.05) is 0 Å². The molecule has 1 amide bonds. The molecule has 2 aromatic heterocycles. The van der Waals surface area contributed by atoms with Crippen LogP contribution >= 0.6 is 11.3 Å². The number of carbonyl (C=O) groups is 1. The van der Waals surface area contributed by atoms with Crippen LogP contribution in [0.1, 0.15) is 40.0 Å². The molecule has 0 radical (unpaired) electrons. The zero-order valence-electron chi connectivity index (χ0n) is 17.8. The SMILES string of the molecule is Cc1cc(C)c(NC(=O)C2CCN(c3ncnc4sc(C)c(C)c34)CC2)c(C)c1. The molecule has 5 nitrogen and oxygen atoms in total. The first-order chi connectivity index (χ1) is 13.8. The van der Waals surface area contributed by atoms with E-state index in [2.05, 4.69) is 66.9 Å². The van der Waals surface area contributed by atoms with Crippen molar-refractivity contribution < 1.29 is 4.79 Å². The highest BCUT2D eigenvalue weighted by Crippen LogP contribution is 2.35. The molecule has 3 heterocycles. The number of aryl methyl sites for hydroxylation is 5. The third-order valence-electron chi connectivity index (χ3n) is 6.04. The number of piperidine rings is 1. The number of aromatic nitrogens is 2. The minimum absolute atomic E-state index is 0.0361. The molecule has 152 valence electrons. The highest BCUT2D eigenvalue weighted by atomic mass is 32.1. The molecule has 1 N–H and O–H groups in total. The minimum Gasteiger partial charge on any atom is -0.356 e. The van der Waals surface area contributed by atoms with Gasteiger partial charge in [0.1, 0.15) is 17.0 Å². The van der Waals surface area contributed by atoms with Crippen molar-refractivity contribution in [3.8, 4) is 0 Å². The third kappa shape index (κ3) is 3.73. The monoisotopic (exact) mass is 408 g/mol. The normalized spacial score (nSPS) is 15.1. The lowest BCUT2D eigenvalue weighted by molar-refractivity contribution is -0.120. The predicted molar refractivity (Wildman–Crippen MR) is 121 cm³/mol. The predicted octanol–water partition coefficient (Wildman–Crippen LogP) is 5.09. The van der Waals surface area contributed by atoms with Crippen LogP contribution < -0.4 is 10.2 Å². The molecule has 1 saturated heterocycles. The zero-order valence-corrected chi connectivity index (χ0v) is 18.6. The highest BCUT2D eigenvalue weighted by molar-refractivity contribution is 7.18. The second-order valence-corrected chi connectivity index (χ2v) is 9.39. The molecule has 6 heteroatoms. The fourth-order valence-electron chi connectivity index (χ4n) is 4.36. The average Bonchev–Trinajstić information content (AvgIpc) is 2.98. The van der Waals surface area contributed by atoms with Crippen LogP contribution in [0.5, 0.6) is 0 Å². The standard InChI is InChI=1S/C23H28N4OS/c1-13-10-14(2)20(15(3)11-13)26-22(28)18-6-8-27(9-7-18)21-19-16(4)17(5)29-23(19)25-12-24-21/h10-12,18H,6-9H2,1-5H3,(H,26,28). The van der Waals surface area contributed by atoms with Crippen LogP contribution in [0.15, 0.2) is 18.5 Å². The van der Waals surface area contributed by atoms with Crippen molar-refractivity contribution in [1.82, 2.24) is 9.97 Å². The number of fused-ring (bicyclic) bond motifs is 1. The number of rotatable bonds is 3. The van der Waals surface area contributed by atoms with Gasteiger partial charge in [-0.1, -0.05) is 17.7 Å². The summed E-state index contributed by atoms with van der Waals surface area (Å²) in [6, 6.07) is 4.24. The molecule has 3 aromatic rings. The van der Waals surface area contributed by atoms with E-state index in [1.54, 1.807) is 17.7 Å². The van der Waals surface area contributed by atoms with Crippen LogP contribution in [0.4, 0.5) is 11.5 Å². The highest BCUT2D eigenvalue weighted by Gasteiger charge is 2.28. The van der Waals surface area contributed by atoms with Crippen LogP contribution in [-0.4, -0.2) is 29.0 Å². The van der Waals surface area contributed by atoms with Crippen molar-refractivity contribution in [3.63, 3.8) is 0 Å². The number of nitrogens with zero attached hydrogens (tertiary/aromatic N) is 3. The van der Waals surface area contributed by atoms with E-state index >= 15 is 0 Å². The minimum atomic E-state index is 0.0361. The summed E-state index contributed by atoms with van der Waals surface area (Å²) in [4.78, 5) is 26.6. The number of thiophene rings is 1. The summed E-state index contributed by atoms with van der Waals surface area (Å²) >= 11 is 1.73. The van der Waals surface area contributed by atoms with Gasteiger partial charge < -0.3 is 10.2 Å². The first-order valence-electron chi connectivity index (χ1n) is 10.2. The lowest BCUT2D eigenvalue weighted by Gasteiger charge is -2.32. The van der Waals surface area contributed by atoms with E-state index in [1.165, 1.54) is 21.4 Å². The summed E-state index contributed by atoms with van der Waals surface area (Å²) in [7, 11) is 0. The van der Waals surface area contributed by atoms with Crippen molar-refractivity contribution in [2.45, 2.75) is 47.5 Å². The summed E-state index contributed by atoms with van der Waals surface area (Å²) in [5, 5.41) is 4.36. The van der Waals surface area contributed by atoms with Crippen LogP contribution in [0.25, 0.3) is 10.2 Å². The maximum Gasteiger partial charge on any atom is 0.227 e. The first-order valence-corrected chi connectivity index (χ1v) is 11.0. The first kappa shape index (κ1) is 19.8. The van der Waals surface area contributed by atoms with Gasteiger partial charge in [0.2, 0.25) is 5.91 Å².